The fourth-order valence-electron chi connectivity index (χ4n) is 2.65. The van der Waals surface area contributed by atoms with Gasteiger partial charge >= 0.3 is 0 Å². The monoisotopic (exact) mass is 374 g/mol. The molecule has 0 aliphatic rings. The number of nitrogens with one attached hydrogen (secondary N) is 1. The van der Waals surface area contributed by atoms with Gasteiger partial charge < -0.3 is 5.32 Å². The Morgan fingerprint density at radius 1 is 1.04 bits per heavy atom. The van der Waals surface area contributed by atoms with E-state index in [0.717, 1.165) is 22.4 Å². The number of hydrogen-bond acceptors (Lipinski definition) is 3. The molecule has 0 aliphatic carbocycles. The molecule has 0 atom stereocenters. The van der Waals surface area contributed by atoms with Crippen molar-refractivity contribution in [3.05, 3.63) is 65.2 Å². The Hall–Kier alpha value is -2.18. The summed E-state index contributed by atoms with van der Waals surface area (Å²) in [7, 11) is -3.37. The van der Waals surface area contributed by atoms with E-state index < -0.39 is 10.0 Å². The minimum atomic E-state index is -3.37. The third kappa shape index (κ3) is 6.28. The van der Waals surface area contributed by atoms with Crippen LogP contribution in [0.2, 0.25) is 0 Å². The van der Waals surface area contributed by atoms with Gasteiger partial charge in [0.15, 0.2) is 0 Å². The average molecular weight is 375 g/mol. The number of carbonyl (C=O) groups is 1. The second-order valence-electron chi connectivity index (χ2n) is 6.51. The van der Waals surface area contributed by atoms with Gasteiger partial charge in [0.05, 0.1) is 6.26 Å². The van der Waals surface area contributed by atoms with Crippen LogP contribution in [0.3, 0.4) is 0 Å². The molecule has 2 aromatic carbocycles. The van der Waals surface area contributed by atoms with E-state index in [-0.39, 0.29) is 18.9 Å². The number of amides is 1. The molecule has 0 aliphatic heterocycles. The van der Waals surface area contributed by atoms with Gasteiger partial charge in [-0.05, 0) is 43.0 Å². The molecular formula is C20H26N2O3S. The number of aryl methyl sites for hydroxylation is 2. The highest BCUT2D eigenvalue weighted by Crippen LogP contribution is 2.16. The lowest BCUT2D eigenvalue weighted by Gasteiger charge is -2.20. The van der Waals surface area contributed by atoms with Gasteiger partial charge in [0.25, 0.3) is 0 Å². The van der Waals surface area contributed by atoms with Crippen LogP contribution < -0.4 is 5.32 Å². The average Bonchev–Trinajstić information content (AvgIpc) is 2.58. The van der Waals surface area contributed by atoms with E-state index in [0.29, 0.717) is 13.0 Å². The summed E-state index contributed by atoms with van der Waals surface area (Å²) in [4.78, 5) is 12.2. The highest BCUT2D eigenvalue weighted by atomic mass is 32.2. The molecule has 1 amide bonds. The van der Waals surface area contributed by atoms with E-state index in [1.54, 1.807) is 0 Å². The maximum absolute atomic E-state index is 12.2. The van der Waals surface area contributed by atoms with Gasteiger partial charge in [-0.1, -0.05) is 42.5 Å². The van der Waals surface area contributed by atoms with Crippen molar-refractivity contribution in [2.75, 3.05) is 24.7 Å². The van der Waals surface area contributed by atoms with Gasteiger partial charge in [-0.15, -0.1) is 0 Å². The molecule has 0 heterocycles. The van der Waals surface area contributed by atoms with Crippen LogP contribution in [-0.2, 0) is 21.2 Å². The molecule has 0 bridgehead atoms. The standard InChI is InChI=1S/C20H26N2O3S/c1-16-9-10-17(2)19(15-16)21-20(23)12-14-22(26(3,24)25)13-11-18-7-5-4-6-8-18/h4-10,15H,11-14H2,1-3H3,(H,21,23). The maximum Gasteiger partial charge on any atom is 0.225 e. The highest BCUT2D eigenvalue weighted by molar-refractivity contribution is 7.88. The van der Waals surface area contributed by atoms with Gasteiger partial charge in [-0.2, -0.15) is 0 Å². The maximum atomic E-state index is 12.2. The zero-order valence-corrected chi connectivity index (χ0v) is 16.3. The molecule has 0 fully saturated rings. The van der Waals surface area contributed by atoms with Crippen molar-refractivity contribution in [2.24, 2.45) is 0 Å². The van der Waals surface area contributed by atoms with Crippen molar-refractivity contribution in [1.29, 1.82) is 0 Å². The van der Waals surface area contributed by atoms with Crippen molar-refractivity contribution in [3.8, 4) is 0 Å². The van der Waals surface area contributed by atoms with Crippen LogP contribution in [0.25, 0.3) is 0 Å². The van der Waals surface area contributed by atoms with Gasteiger partial charge in [-0.25, -0.2) is 12.7 Å². The Kier molecular flexibility index (Phi) is 6.94. The van der Waals surface area contributed by atoms with E-state index in [1.807, 2.05) is 62.4 Å². The molecule has 140 valence electrons. The molecule has 0 spiro atoms. The predicted molar refractivity (Wildman–Crippen MR) is 106 cm³/mol. The van der Waals surface area contributed by atoms with Gasteiger partial charge in [0.2, 0.25) is 15.9 Å². The van der Waals surface area contributed by atoms with Gasteiger partial charge in [0, 0.05) is 25.2 Å². The van der Waals surface area contributed by atoms with Crippen LogP contribution in [0, 0.1) is 13.8 Å². The number of nitrogens with zero attached hydrogens (tertiary/aromatic N) is 1. The molecule has 2 aromatic rings. The first-order chi connectivity index (χ1) is 12.3. The molecule has 1 N–H and O–H groups in total. The van der Waals surface area contributed by atoms with E-state index in [4.69, 9.17) is 0 Å². The fraction of sp³-hybridized carbons (Fsp3) is 0.350. The van der Waals surface area contributed by atoms with Crippen LogP contribution in [0.1, 0.15) is 23.1 Å². The minimum absolute atomic E-state index is 0.120. The predicted octanol–water partition coefficient (Wildman–Crippen LogP) is 3.14. The van der Waals surface area contributed by atoms with Crippen molar-refractivity contribution < 1.29 is 13.2 Å². The van der Waals surface area contributed by atoms with Crippen LogP contribution in [0.5, 0.6) is 0 Å². The fourth-order valence-corrected chi connectivity index (χ4v) is 3.50. The number of rotatable bonds is 8. The van der Waals surface area contributed by atoms with Crippen LogP contribution in [0.15, 0.2) is 48.5 Å². The van der Waals surface area contributed by atoms with E-state index in [1.165, 1.54) is 10.6 Å². The van der Waals surface area contributed by atoms with Crippen LogP contribution >= 0.6 is 0 Å². The lowest BCUT2D eigenvalue weighted by molar-refractivity contribution is -0.116. The normalized spacial score (nSPS) is 11.5. The summed E-state index contributed by atoms with van der Waals surface area (Å²) < 4.78 is 25.4. The van der Waals surface area contributed by atoms with Crippen LogP contribution in [-0.4, -0.2) is 38.0 Å². The summed E-state index contributed by atoms with van der Waals surface area (Å²) in [5, 5.41) is 2.87. The summed E-state index contributed by atoms with van der Waals surface area (Å²) in [5.41, 5.74) is 3.88. The van der Waals surface area contributed by atoms with E-state index in [9.17, 15) is 13.2 Å². The third-order valence-electron chi connectivity index (χ3n) is 4.22. The van der Waals surface area contributed by atoms with E-state index in [2.05, 4.69) is 5.32 Å². The second kappa shape index (κ2) is 8.96. The first kappa shape index (κ1) is 20.1. The molecule has 2 rings (SSSR count). The Balaban J connectivity index is 1.94. The summed E-state index contributed by atoms with van der Waals surface area (Å²) in [5.74, 6) is -0.188. The minimum Gasteiger partial charge on any atom is -0.326 e. The lowest BCUT2D eigenvalue weighted by Crippen LogP contribution is -2.34. The molecule has 0 saturated heterocycles. The van der Waals surface area contributed by atoms with Gasteiger partial charge in [0.1, 0.15) is 0 Å². The first-order valence-corrected chi connectivity index (χ1v) is 10.5. The van der Waals surface area contributed by atoms with Crippen molar-refractivity contribution >= 4 is 21.6 Å². The van der Waals surface area contributed by atoms with Crippen molar-refractivity contribution in [2.45, 2.75) is 26.7 Å². The third-order valence-corrected chi connectivity index (χ3v) is 5.52. The number of hydrogen-bond donors (Lipinski definition) is 1. The Bertz CT molecular complexity index is 849. The van der Waals surface area contributed by atoms with Crippen molar-refractivity contribution in [1.82, 2.24) is 4.31 Å². The summed E-state index contributed by atoms with van der Waals surface area (Å²) in [6.07, 6.45) is 1.92. The molecule has 5 nitrogen and oxygen atoms in total. The topological polar surface area (TPSA) is 66.5 Å². The van der Waals surface area contributed by atoms with Crippen LogP contribution in [0.4, 0.5) is 5.69 Å². The smallest absolute Gasteiger partial charge is 0.225 e. The highest BCUT2D eigenvalue weighted by Gasteiger charge is 2.18. The molecule has 0 aromatic heterocycles. The molecule has 0 radical (unpaired) electrons. The molecule has 0 unspecified atom stereocenters. The molecular weight excluding hydrogens is 348 g/mol. The van der Waals surface area contributed by atoms with Crippen molar-refractivity contribution in [3.63, 3.8) is 0 Å². The lowest BCUT2D eigenvalue weighted by atomic mass is 10.1. The quantitative estimate of drug-likeness (QED) is 0.772. The summed E-state index contributed by atoms with van der Waals surface area (Å²) in [6, 6.07) is 15.6. The zero-order chi connectivity index (χ0) is 19.2. The summed E-state index contributed by atoms with van der Waals surface area (Å²) in [6.45, 7) is 4.42. The Labute approximate surface area is 156 Å². The largest absolute Gasteiger partial charge is 0.326 e. The summed E-state index contributed by atoms with van der Waals surface area (Å²) >= 11 is 0. The second-order valence-corrected chi connectivity index (χ2v) is 8.50. The zero-order valence-electron chi connectivity index (χ0n) is 15.5. The Morgan fingerprint density at radius 3 is 2.38 bits per heavy atom. The number of carbonyl (C=O) groups excluding carboxylic acids is 1. The number of benzene rings is 2. The van der Waals surface area contributed by atoms with Gasteiger partial charge in [-0.3, -0.25) is 4.79 Å². The SMILES string of the molecule is Cc1ccc(C)c(NC(=O)CCN(CCc2ccccc2)S(C)(=O)=O)c1. The molecule has 0 saturated carbocycles. The first-order valence-electron chi connectivity index (χ1n) is 8.62. The molecule has 6 heteroatoms. The molecule has 26 heavy (non-hydrogen) atoms. The number of anilines is 1. The van der Waals surface area contributed by atoms with E-state index >= 15 is 0 Å². The Morgan fingerprint density at radius 2 is 1.73 bits per heavy atom. The number of sulfonamides is 1.